The average Bonchev–Trinajstić information content (AvgIpc) is 2.91. The summed E-state index contributed by atoms with van der Waals surface area (Å²) in [6.07, 6.45) is -1.08. The van der Waals surface area contributed by atoms with Crippen molar-refractivity contribution in [2.75, 3.05) is 30.7 Å². The van der Waals surface area contributed by atoms with Crippen LogP contribution in [0.25, 0.3) is 0 Å². The van der Waals surface area contributed by atoms with E-state index in [1.54, 1.807) is 0 Å². The van der Waals surface area contributed by atoms with E-state index >= 15 is 0 Å². The van der Waals surface area contributed by atoms with Gasteiger partial charge in [0.1, 0.15) is 6.54 Å². The van der Waals surface area contributed by atoms with E-state index < -0.39 is 12.7 Å². The molecule has 5 nitrogen and oxygen atoms in total. The minimum absolute atomic E-state index is 0.0414. The summed E-state index contributed by atoms with van der Waals surface area (Å²) in [5.74, 6) is 0.285. The molecule has 2 heterocycles. The number of alkyl halides is 3. The third-order valence-electron chi connectivity index (χ3n) is 2.87. The van der Waals surface area contributed by atoms with Crippen LogP contribution in [0.2, 0.25) is 0 Å². The van der Waals surface area contributed by atoms with Gasteiger partial charge in [0.25, 0.3) is 0 Å². The molecule has 1 aliphatic rings. The van der Waals surface area contributed by atoms with Crippen molar-refractivity contribution in [3.63, 3.8) is 0 Å². The van der Waals surface area contributed by atoms with Gasteiger partial charge in [-0.3, -0.25) is 4.79 Å². The van der Waals surface area contributed by atoms with Crippen molar-refractivity contribution in [2.24, 2.45) is 0 Å². The number of amides is 1. The second-order valence-electron chi connectivity index (χ2n) is 4.57. The number of likely N-dealkylation sites (tertiary alicyclic amines) is 1. The first-order valence-corrected chi connectivity index (χ1v) is 8.29. The maximum atomic E-state index is 12.0. The molecule has 0 atom stereocenters. The van der Waals surface area contributed by atoms with E-state index in [0.717, 1.165) is 43.7 Å². The molecule has 10 heteroatoms. The maximum absolute atomic E-state index is 12.0. The van der Waals surface area contributed by atoms with Crippen LogP contribution < -0.4 is 5.32 Å². The van der Waals surface area contributed by atoms with Gasteiger partial charge < -0.3 is 10.2 Å². The third-order valence-corrected chi connectivity index (χ3v) is 4.87. The molecule has 0 radical (unpaired) electrons. The van der Waals surface area contributed by atoms with E-state index in [2.05, 4.69) is 15.5 Å². The molecule has 1 aromatic rings. The average molecular weight is 340 g/mol. The molecule has 2 rings (SSSR count). The molecule has 21 heavy (non-hydrogen) atoms. The van der Waals surface area contributed by atoms with Gasteiger partial charge in [0.05, 0.1) is 5.75 Å². The number of carbonyl (C=O) groups excluding carboxylic acids is 1. The normalized spacial score (nSPS) is 16.0. The summed E-state index contributed by atoms with van der Waals surface area (Å²) in [7, 11) is 0. The lowest BCUT2D eigenvalue weighted by Gasteiger charge is -2.26. The van der Waals surface area contributed by atoms with E-state index in [1.807, 2.05) is 4.90 Å². The standard InChI is InChI=1S/C11H15F3N4OS2/c12-11(13,14)7-15-9-16-17-10(21-9)20-6-8(19)18-4-2-1-3-5-18/h1-7H2,(H,15,16). The fourth-order valence-electron chi connectivity index (χ4n) is 1.87. The molecular weight excluding hydrogens is 325 g/mol. The molecule has 0 aliphatic carbocycles. The molecular formula is C11H15F3N4OS2. The zero-order chi connectivity index (χ0) is 15.3. The number of hydrogen-bond acceptors (Lipinski definition) is 6. The molecule has 0 saturated carbocycles. The van der Waals surface area contributed by atoms with Crippen molar-refractivity contribution in [1.29, 1.82) is 0 Å². The molecule has 0 unspecified atom stereocenters. The number of thioether (sulfide) groups is 1. The van der Waals surface area contributed by atoms with Gasteiger partial charge in [-0.2, -0.15) is 13.2 Å². The Balaban J connectivity index is 1.75. The Bertz CT molecular complexity index is 474. The lowest BCUT2D eigenvalue weighted by Crippen LogP contribution is -2.36. The Morgan fingerprint density at radius 2 is 2.00 bits per heavy atom. The number of carbonyl (C=O) groups is 1. The first kappa shape index (κ1) is 16.3. The van der Waals surface area contributed by atoms with Gasteiger partial charge in [-0.1, -0.05) is 23.1 Å². The SMILES string of the molecule is O=C(CSc1nnc(NCC(F)(F)F)s1)N1CCCCC1. The fourth-order valence-corrected chi connectivity index (χ4v) is 3.52. The van der Waals surface area contributed by atoms with Crippen molar-refractivity contribution in [2.45, 2.75) is 29.8 Å². The first-order chi connectivity index (χ1) is 9.94. The Hall–Kier alpha value is -1.03. The molecule has 0 bridgehead atoms. The van der Waals surface area contributed by atoms with Crippen molar-refractivity contribution >= 4 is 34.1 Å². The quantitative estimate of drug-likeness (QED) is 0.835. The summed E-state index contributed by atoms with van der Waals surface area (Å²) in [5.41, 5.74) is 0. The highest BCUT2D eigenvalue weighted by molar-refractivity contribution is 8.01. The molecule has 1 aliphatic heterocycles. The van der Waals surface area contributed by atoms with Crippen LogP contribution in [0.4, 0.5) is 18.3 Å². The van der Waals surface area contributed by atoms with E-state index in [0.29, 0.717) is 4.34 Å². The molecule has 1 saturated heterocycles. The van der Waals surface area contributed by atoms with Gasteiger partial charge >= 0.3 is 6.18 Å². The highest BCUT2D eigenvalue weighted by Crippen LogP contribution is 2.27. The van der Waals surface area contributed by atoms with Crippen molar-refractivity contribution < 1.29 is 18.0 Å². The minimum Gasteiger partial charge on any atom is -0.351 e. The number of aromatic nitrogens is 2. The molecule has 1 fully saturated rings. The van der Waals surface area contributed by atoms with E-state index in [9.17, 15) is 18.0 Å². The third kappa shape index (κ3) is 5.70. The van der Waals surface area contributed by atoms with Gasteiger partial charge in [0, 0.05) is 13.1 Å². The zero-order valence-electron chi connectivity index (χ0n) is 11.2. The van der Waals surface area contributed by atoms with Crippen molar-refractivity contribution in [3.8, 4) is 0 Å². The summed E-state index contributed by atoms with van der Waals surface area (Å²) < 4.78 is 36.6. The summed E-state index contributed by atoms with van der Waals surface area (Å²) in [4.78, 5) is 13.8. The van der Waals surface area contributed by atoms with Gasteiger partial charge in [0.15, 0.2) is 4.34 Å². The lowest BCUT2D eigenvalue weighted by atomic mass is 10.1. The number of rotatable bonds is 5. The second kappa shape index (κ2) is 7.30. The summed E-state index contributed by atoms with van der Waals surface area (Å²) in [6, 6.07) is 0. The van der Waals surface area contributed by atoms with Crippen LogP contribution in [0.3, 0.4) is 0 Å². The Labute approximate surface area is 128 Å². The number of nitrogens with one attached hydrogen (secondary N) is 1. The van der Waals surface area contributed by atoms with Crippen LogP contribution in [-0.4, -0.2) is 52.6 Å². The minimum atomic E-state index is -4.29. The van der Waals surface area contributed by atoms with Gasteiger partial charge in [0.2, 0.25) is 11.0 Å². The molecule has 0 spiro atoms. The molecule has 118 valence electrons. The van der Waals surface area contributed by atoms with Crippen molar-refractivity contribution in [3.05, 3.63) is 0 Å². The maximum Gasteiger partial charge on any atom is 0.405 e. The Morgan fingerprint density at radius 1 is 1.29 bits per heavy atom. The van der Waals surface area contributed by atoms with Gasteiger partial charge in [-0.25, -0.2) is 0 Å². The molecule has 1 aromatic heterocycles. The predicted octanol–water partition coefficient (Wildman–Crippen LogP) is 2.62. The summed E-state index contributed by atoms with van der Waals surface area (Å²) >= 11 is 2.23. The van der Waals surface area contributed by atoms with Crippen LogP contribution in [0.15, 0.2) is 4.34 Å². The number of nitrogens with zero attached hydrogens (tertiary/aromatic N) is 3. The smallest absolute Gasteiger partial charge is 0.351 e. The Morgan fingerprint density at radius 3 is 2.67 bits per heavy atom. The van der Waals surface area contributed by atoms with Gasteiger partial charge in [-0.15, -0.1) is 10.2 Å². The van der Waals surface area contributed by atoms with E-state index in [1.165, 1.54) is 11.8 Å². The highest BCUT2D eigenvalue weighted by Gasteiger charge is 2.27. The highest BCUT2D eigenvalue weighted by atomic mass is 32.2. The van der Waals surface area contributed by atoms with Gasteiger partial charge in [-0.05, 0) is 19.3 Å². The molecule has 1 N–H and O–H groups in total. The fraction of sp³-hybridized carbons (Fsp3) is 0.727. The molecule has 0 aromatic carbocycles. The monoisotopic (exact) mass is 340 g/mol. The number of halogens is 3. The Kier molecular flexibility index (Phi) is 5.68. The number of hydrogen-bond donors (Lipinski definition) is 1. The van der Waals surface area contributed by atoms with Crippen LogP contribution in [-0.2, 0) is 4.79 Å². The van der Waals surface area contributed by atoms with Crippen LogP contribution in [0, 0.1) is 0 Å². The largest absolute Gasteiger partial charge is 0.405 e. The molecule has 1 amide bonds. The number of anilines is 1. The second-order valence-corrected chi connectivity index (χ2v) is 6.77. The van der Waals surface area contributed by atoms with E-state index in [-0.39, 0.29) is 16.8 Å². The van der Waals surface area contributed by atoms with Crippen molar-refractivity contribution in [1.82, 2.24) is 15.1 Å². The topological polar surface area (TPSA) is 58.1 Å². The van der Waals surface area contributed by atoms with Crippen LogP contribution in [0.5, 0.6) is 0 Å². The van der Waals surface area contributed by atoms with E-state index in [4.69, 9.17) is 0 Å². The number of piperidine rings is 1. The predicted molar refractivity (Wildman–Crippen MR) is 75.6 cm³/mol. The summed E-state index contributed by atoms with van der Waals surface area (Å²) in [6.45, 7) is 0.431. The van der Waals surface area contributed by atoms with Crippen LogP contribution >= 0.6 is 23.1 Å². The first-order valence-electron chi connectivity index (χ1n) is 6.49. The van der Waals surface area contributed by atoms with Crippen LogP contribution in [0.1, 0.15) is 19.3 Å². The lowest BCUT2D eigenvalue weighted by molar-refractivity contribution is -0.129. The zero-order valence-corrected chi connectivity index (χ0v) is 12.8. The summed E-state index contributed by atoms with van der Waals surface area (Å²) in [5, 5.41) is 9.66.